The third-order valence-corrected chi connectivity index (χ3v) is 2.16. The van der Waals surface area contributed by atoms with Gasteiger partial charge in [-0.2, -0.15) is 0 Å². The molecule has 0 aliphatic carbocycles. The fraction of sp³-hybridized carbons (Fsp3) is 0.400. The van der Waals surface area contributed by atoms with Gasteiger partial charge in [0, 0.05) is 11.5 Å². The summed E-state index contributed by atoms with van der Waals surface area (Å²) in [7, 11) is -1.79. The summed E-state index contributed by atoms with van der Waals surface area (Å²) in [6, 6.07) is 3.97. The van der Waals surface area contributed by atoms with Gasteiger partial charge in [-0.25, -0.2) is 4.39 Å². The monoisotopic (exact) mass is 212 g/mol. The third-order valence-electron chi connectivity index (χ3n) is 2.16. The van der Waals surface area contributed by atoms with Crippen molar-refractivity contribution in [2.75, 3.05) is 0 Å². The Balaban J connectivity index is 2.82. The lowest BCUT2D eigenvalue weighted by molar-refractivity contribution is 0.216. The van der Waals surface area contributed by atoms with Gasteiger partial charge in [0.25, 0.3) is 0 Å². The molecule has 3 nitrogen and oxygen atoms in total. The van der Waals surface area contributed by atoms with Crippen LogP contribution in [0.2, 0.25) is 0 Å². The zero-order valence-electron chi connectivity index (χ0n) is 8.77. The molecule has 0 heterocycles. The van der Waals surface area contributed by atoms with Gasteiger partial charge in [-0.3, -0.25) is 0 Å². The van der Waals surface area contributed by atoms with Gasteiger partial charge >= 0.3 is 7.12 Å². The molecule has 0 fully saturated rings. The normalized spacial score (nSPS) is 12.3. The Labute approximate surface area is 88.7 Å². The lowest BCUT2D eigenvalue weighted by Crippen LogP contribution is -2.32. The number of rotatable bonds is 4. The summed E-state index contributed by atoms with van der Waals surface area (Å²) in [5.74, 6) is -0.281. The van der Waals surface area contributed by atoms with E-state index >= 15 is 0 Å². The average molecular weight is 212 g/mol. The Bertz CT molecular complexity index is 330. The average Bonchev–Trinajstić information content (AvgIpc) is 2.17. The van der Waals surface area contributed by atoms with Crippen LogP contribution < -0.4 is 10.2 Å². The molecule has 82 valence electrons. The van der Waals surface area contributed by atoms with Crippen LogP contribution in [0.15, 0.2) is 18.2 Å². The molecular formula is C10H14BFO3. The van der Waals surface area contributed by atoms with Crippen molar-refractivity contribution in [3.05, 3.63) is 24.0 Å². The topological polar surface area (TPSA) is 49.7 Å². The highest BCUT2D eigenvalue weighted by Crippen LogP contribution is 2.13. The molecule has 1 unspecified atom stereocenters. The zero-order valence-corrected chi connectivity index (χ0v) is 8.77. The predicted octanol–water partition coefficient (Wildman–Crippen LogP) is 0.683. The molecule has 0 aliphatic heterocycles. The highest BCUT2D eigenvalue weighted by molar-refractivity contribution is 6.58. The fourth-order valence-electron chi connectivity index (χ4n) is 1.11. The Morgan fingerprint density at radius 1 is 1.47 bits per heavy atom. The Morgan fingerprint density at radius 3 is 2.60 bits per heavy atom. The zero-order chi connectivity index (χ0) is 11.4. The van der Waals surface area contributed by atoms with Gasteiger partial charge < -0.3 is 14.8 Å². The number of halogens is 1. The van der Waals surface area contributed by atoms with E-state index in [1.165, 1.54) is 12.1 Å². The van der Waals surface area contributed by atoms with Crippen LogP contribution in [0, 0.1) is 5.82 Å². The van der Waals surface area contributed by atoms with Gasteiger partial charge in [-0.1, -0.05) is 13.0 Å². The second-order valence-electron chi connectivity index (χ2n) is 3.39. The van der Waals surface area contributed by atoms with Crippen LogP contribution in [-0.2, 0) is 0 Å². The maximum atomic E-state index is 13.3. The van der Waals surface area contributed by atoms with Gasteiger partial charge in [0.2, 0.25) is 0 Å². The predicted molar refractivity (Wildman–Crippen MR) is 56.6 cm³/mol. The summed E-state index contributed by atoms with van der Waals surface area (Å²) in [5, 5.41) is 17.6. The van der Waals surface area contributed by atoms with Crippen LogP contribution in [0.25, 0.3) is 0 Å². The first kappa shape index (κ1) is 12.0. The Hall–Kier alpha value is -1.07. The highest BCUT2D eigenvalue weighted by atomic mass is 19.1. The number of benzene rings is 1. The van der Waals surface area contributed by atoms with Crippen LogP contribution in [0.4, 0.5) is 4.39 Å². The molecule has 0 saturated carbocycles. The molecule has 0 bridgehead atoms. The first-order chi connectivity index (χ1) is 7.04. The SMILES string of the molecule is CCC(C)Oc1ccc(B(O)O)c(F)c1. The van der Waals surface area contributed by atoms with Gasteiger partial charge in [0.1, 0.15) is 11.6 Å². The highest BCUT2D eigenvalue weighted by Gasteiger charge is 2.16. The molecule has 0 aromatic heterocycles. The van der Waals surface area contributed by atoms with E-state index in [1.807, 2.05) is 13.8 Å². The van der Waals surface area contributed by atoms with Crippen molar-refractivity contribution >= 4 is 12.6 Å². The first-order valence-corrected chi connectivity index (χ1v) is 4.86. The van der Waals surface area contributed by atoms with Gasteiger partial charge in [-0.05, 0) is 19.4 Å². The van der Waals surface area contributed by atoms with E-state index in [0.29, 0.717) is 5.75 Å². The minimum atomic E-state index is -1.79. The third kappa shape index (κ3) is 3.21. The van der Waals surface area contributed by atoms with Crippen LogP contribution in [0.5, 0.6) is 5.75 Å². The lowest BCUT2D eigenvalue weighted by atomic mass is 9.80. The van der Waals surface area contributed by atoms with Crippen molar-refractivity contribution < 1.29 is 19.2 Å². The quantitative estimate of drug-likeness (QED) is 0.721. The molecule has 0 amide bonds. The van der Waals surface area contributed by atoms with Gasteiger partial charge in [0.15, 0.2) is 0 Å². The van der Waals surface area contributed by atoms with Crippen molar-refractivity contribution in [1.82, 2.24) is 0 Å². The Kier molecular flexibility index (Phi) is 4.11. The maximum Gasteiger partial charge on any atom is 0.491 e. The van der Waals surface area contributed by atoms with Crippen LogP contribution in [-0.4, -0.2) is 23.3 Å². The first-order valence-electron chi connectivity index (χ1n) is 4.86. The number of ether oxygens (including phenoxy) is 1. The molecule has 1 aromatic carbocycles. The van der Waals surface area contributed by atoms with Crippen molar-refractivity contribution in [3.8, 4) is 5.75 Å². The van der Waals surface area contributed by atoms with Crippen molar-refractivity contribution in [3.63, 3.8) is 0 Å². The minimum Gasteiger partial charge on any atom is -0.491 e. The molecule has 1 atom stereocenters. The van der Waals surface area contributed by atoms with Crippen molar-refractivity contribution in [1.29, 1.82) is 0 Å². The fourth-order valence-corrected chi connectivity index (χ4v) is 1.11. The van der Waals surface area contributed by atoms with E-state index in [1.54, 1.807) is 0 Å². The lowest BCUT2D eigenvalue weighted by Gasteiger charge is -2.13. The molecule has 1 aromatic rings. The van der Waals surface area contributed by atoms with E-state index in [0.717, 1.165) is 12.5 Å². The molecule has 0 aliphatic rings. The van der Waals surface area contributed by atoms with E-state index in [4.69, 9.17) is 14.8 Å². The van der Waals surface area contributed by atoms with Crippen LogP contribution in [0.1, 0.15) is 20.3 Å². The van der Waals surface area contributed by atoms with E-state index in [9.17, 15) is 4.39 Å². The molecule has 15 heavy (non-hydrogen) atoms. The molecule has 1 rings (SSSR count). The smallest absolute Gasteiger partial charge is 0.491 e. The van der Waals surface area contributed by atoms with Crippen LogP contribution >= 0.6 is 0 Å². The molecule has 0 radical (unpaired) electrons. The molecule has 0 saturated heterocycles. The summed E-state index contributed by atoms with van der Waals surface area (Å²) in [6.45, 7) is 3.85. The minimum absolute atomic E-state index is 0.00861. The standard InChI is InChI=1S/C10H14BFO3/c1-3-7(2)15-8-4-5-9(11(13)14)10(12)6-8/h4-7,13-14H,3H2,1-2H3. The largest absolute Gasteiger partial charge is 0.491 e. The summed E-state index contributed by atoms with van der Waals surface area (Å²) in [6.07, 6.45) is 0.834. The van der Waals surface area contributed by atoms with Crippen molar-refractivity contribution in [2.45, 2.75) is 26.4 Å². The maximum absolute atomic E-state index is 13.3. The molecular weight excluding hydrogens is 198 g/mol. The van der Waals surface area contributed by atoms with Gasteiger partial charge in [-0.15, -0.1) is 0 Å². The molecule has 5 heteroatoms. The second kappa shape index (κ2) is 5.14. The summed E-state index contributed by atoms with van der Waals surface area (Å²) < 4.78 is 18.6. The second-order valence-corrected chi connectivity index (χ2v) is 3.39. The van der Waals surface area contributed by atoms with E-state index < -0.39 is 12.9 Å². The van der Waals surface area contributed by atoms with E-state index in [-0.39, 0.29) is 11.6 Å². The number of hydrogen-bond acceptors (Lipinski definition) is 3. The van der Waals surface area contributed by atoms with E-state index in [2.05, 4.69) is 0 Å². The Morgan fingerprint density at radius 2 is 2.13 bits per heavy atom. The molecule has 2 N–H and O–H groups in total. The summed E-state index contributed by atoms with van der Waals surface area (Å²) >= 11 is 0. The summed E-state index contributed by atoms with van der Waals surface area (Å²) in [5.41, 5.74) is -0.147. The van der Waals surface area contributed by atoms with Crippen LogP contribution in [0.3, 0.4) is 0 Å². The van der Waals surface area contributed by atoms with Gasteiger partial charge in [0.05, 0.1) is 6.10 Å². The molecule has 0 spiro atoms. The van der Waals surface area contributed by atoms with Crippen molar-refractivity contribution in [2.24, 2.45) is 0 Å². The number of hydrogen-bond donors (Lipinski definition) is 2. The summed E-state index contributed by atoms with van der Waals surface area (Å²) in [4.78, 5) is 0.